The van der Waals surface area contributed by atoms with Gasteiger partial charge in [0.25, 0.3) is 0 Å². The van der Waals surface area contributed by atoms with Gasteiger partial charge >= 0.3 is 0 Å². The van der Waals surface area contributed by atoms with Crippen molar-refractivity contribution in [1.82, 2.24) is 0 Å². The standard InChI is InChI=1S/C20H30O4/c1-19-7-6-13-12(14(19)9-16(22)18(19)23)5-4-11-8-15(21)17(24-3)10-20(11,13)2/h4-5,13-18,21-23H,6-10H2,1-3H3/t13-,14-,15+,16+,17+,18-,19-,20-/m0/s1. The van der Waals surface area contributed by atoms with Crippen LogP contribution in [0.25, 0.3) is 0 Å². The molecule has 8 atom stereocenters. The molecule has 0 unspecified atom stereocenters. The number of allylic oxidation sites excluding steroid dienone is 3. The molecule has 0 saturated heterocycles. The molecule has 0 aliphatic heterocycles. The monoisotopic (exact) mass is 334 g/mol. The fourth-order valence-electron chi connectivity index (χ4n) is 6.24. The third-order valence-electron chi connectivity index (χ3n) is 7.86. The molecule has 0 bridgehead atoms. The van der Waals surface area contributed by atoms with Crippen LogP contribution in [-0.4, -0.2) is 46.8 Å². The van der Waals surface area contributed by atoms with E-state index in [-0.39, 0.29) is 22.9 Å². The summed E-state index contributed by atoms with van der Waals surface area (Å²) in [4.78, 5) is 0. The zero-order valence-corrected chi connectivity index (χ0v) is 14.9. The van der Waals surface area contributed by atoms with Gasteiger partial charge in [0, 0.05) is 12.5 Å². The maximum atomic E-state index is 10.5. The van der Waals surface area contributed by atoms with Gasteiger partial charge in [0.15, 0.2) is 0 Å². The van der Waals surface area contributed by atoms with Gasteiger partial charge in [-0.05, 0) is 49.4 Å². The van der Waals surface area contributed by atoms with Crippen LogP contribution < -0.4 is 0 Å². The summed E-state index contributed by atoms with van der Waals surface area (Å²) in [6, 6.07) is 0. The van der Waals surface area contributed by atoms with Crippen LogP contribution in [0.3, 0.4) is 0 Å². The average molecular weight is 334 g/mol. The normalized spacial score (nSPS) is 53.6. The lowest BCUT2D eigenvalue weighted by Crippen LogP contribution is -2.50. The fraction of sp³-hybridized carbons (Fsp3) is 0.800. The molecule has 4 rings (SSSR count). The average Bonchev–Trinajstić information content (AvgIpc) is 2.78. The highest BCUT2D eigenvalue weighted by molar-refractivity contribution is 5.39. The molecule has 0 aromatic carbocycles. The molecule has 24 heavy (non-hydrogen) atoms. The van der Waals surface area contributed by atoms with Crippen LogP contribution >= 0.6 is 0 Å². The van der Waals surface area contributed by atoms with Crippen molar-refractivity contribution in [3.8, 4) is 0 Å². The van der Waals surface area contributed by atoms with E-state index in [4.69, 9.17) is 4.74 Å². The van der Waals surface area contributed by atoms with E-state index in [0.29, 0.717) is 18.8 Å². The van der Waals surface area contributed by atoms with Crippen LogP contribution in [0.1, 0.15) is 46.0 Å². The van der Waals surface area contributed by atoms with E-state index in [1.54, 1.807) is 7.11 Å². The lowest BCUT2D eigenvalue weighted by atomic mass is 9.51. The van der Waals surface area contributed by atoms with Crippen molar-refractivity contribution in [1.29, 1.82) is 0 Å². The molecule has 0 amide bonds. The first kappa shape index (κ1) is 16.8. The minimum Gasteiger partial charge on any atom is -0.390 e. The minimum atomic E-state index is -0.623. The quantitative estimate of drug-likeness (QED) is 0.687. The van der Waals surface area contributed by atoms with Crippen molar-refractivity contribution in [2.24, 2.45) is 22.7 Å². The number of aliphatic hydroxyl groups excluding tert-OH is 3. The smallest absolute Gasteiger partial charge is 0.0858 e. The zero-order chi connectivity index (χ0) is 17.3. The van der Waals surface area contributed by atoms with Crippen molar-refractivity contribution >= 4 is 0 Å². The molecular formula is C20H30O4. The number of hydrogen-bond acceptors (Lipinski definition) is 4. The molecular weight excluding hydrogens is 304 g/mol. The van der Waals surface area contributed by atoms with Gasteiger partial charge in [-0.3, -0.25) is 0 Å². The van der Waals surface area contributed by atoms with Gasteiger partial charge in [-0.1, -0.05) is 37.1 Å². The van der Waals surface area contributed by atoms with Gasteiger partial charge < -0.3 is 20.1 Å². The van der Waals surface area contributed by atoms with E-state index in [1.165, 1.54) is 11.1 Å². The molecule has 4 heteroatoms. The number of aliphatic hydroxyl groups is 3. The Hall–Kier alpha value is -0.680. The molecule has 4 nitrogen and oxygen atoms in total. The number of hydrogen-bond donors (Lipinski definition) is 3. The van der Waals surface area contributed by atoms with Crippen molar-refractivity contribution in [2.75, 3.05) is 7.11 Å². The summed E-state index contributed by atoms with van der Waals surface area (Å²) in [5.41, 5.74) is 2.54. The molecule has 0 heterocycles. The maximum absolute atomic E-state index is 10.5. The van der Waals surface area contributed by atoms with Gasteiger partial charge in [0.05, 0.1) is 24.4 Å². The number of methoxy groups -OCH3 is 1. The van der Waals surface area contributed by atoms with E-state index in [0.717, 1.165) is 19.3 Å². The predicted octanol–water partition coefficient (Wildman–Crippen LogP) is 2.19. The van der Waals surface area contributed by atoms with E-state index in [1.807, 2.05) is 0 Å². The summed E-state index contributed by atoms with van der Waals surface area (Å²) in [5.74, 6) is 0.682. The van der Waals surface area contributed by atoms with Crippen LogP contribution in [0, 0.1) is 22.7 Å². The van der Waals surface area contributed by atoms with E-state index < -0.39 is 18.3 Å². The number of rotatable bonds is 1. The number of ether oxygens (including phenoxy) is 1. The highest BCUT2D eigenvalue weighted by Gasteiger charge is 2.59. The summed E-state index contributed by atoms with van der Waals surface area (Å²) < 4.78 is 5.56. The van der Waals surface area contributed by atoms with Crippen LogP contribution in [0.4, 0.5) is 0 Å². The summed E-state index contributed by atoms with van der Waals surface area (Å²) >= 11 is 0. The molecule has 3 saturated carbocycles. The molecule has 3 N–H and O–H groups in total. The summed E-state index contributed by atoms with van der Waals surface area (Å²) in [7, 11) is 1.69. The second kappa shape index (κ2) is 5.41. The lowest BCUT2D eigenvalue weighted by molar-refractivity contribution is -0.0708. The zero-order valence-electron chi connectivity index (χ0n) is 14.9. The van der Waals surface area contributed by atoms with Crippen LogP contribution in [0.2, 0.25) is 0 Å². The van der Waals surface area contributed by atoms with Crippen molar-refractivity contribution in [2.45, 2.75) is 70.4 Å². The highest BCUT2D eigenvalue weighted by Crippen LogP contribution is 2.63. The molecule has 0 radical (unpaired) electrons. The maximum Gasteiger partial charge on any atom is 0.0858 e. The van der Waals surface area contributed by atoms with Crippen LogP contribution in [0.15, 0.2) is 23.3 Å². The minimum absolute atomic E-state index is 0.0177. The highest BCUT2D eigenvalue weighted by atomic mass is 16.5. The predicted molar refractivity (Wildman–Crippen MR) is 91.3 cm³/mol. The third-order valence-corrected chi connectivity index (χ3v) is 7.86. The van der Waals surface area contributed by atoms with Crippen molar-refractivity contribution < 1.29 is 20.1 Å². The molecule has 0 spiro atoms. The molecule has 134 valence electrons. The topological polar surface area (TPSA) is 69.9 Å². The number of fused-ring (bicyclic) bond motifs is 5. The lowest BCUT2D eigenvalue weighted by Gasteiger charge is -2.55. The SMILES string of the molecule is CO[C@@H]1C[C@@]2(C)C(=CC=C3[C@@H]4C[C@@H](O)[C@H](O)[C@@]4(C)CC[C@@H]32)C[C@H]1O. The Morgan fingerprint density at radius 3 is 2.54 bits per heavy atom. The Kier molecular flexibility index (Phi) is 3.78. The Morgan fingerprint density at radius 2 is 1.83 bits per heavy atom. The van der Waals surface area contributed by atoms with Crippen molar-refractivity contribution in [3.05, 3.63) is 23.3 Å². The van der Waals surface area contributed by atoms with Gasteiger partial charge in [0.1, 0.15) is 0 Å². The summed E-state index contributed by atoms with van der Waals surface area (Å²) in [6.07, 6.45) is 6.82. The molecule has 4 aliphatic carbocycles. The second-order valence-corrected chi connectivity index (χ2v) is 8.92. The second-order valence-electron chi connectivity index (χ2n) is 8.92. The third kappa shape index (κ3) is 2.06. The Balaban J connectivity index is 1.72. The van der Waals surface area contributed by atoms with Crippen molar-refractivity contribution in [3.63, 3.8) is 0 Å². The largest absolute Gasteiger partial charge is 0.390 e. The molecule has 3 fully saturated rings. The molecule has 0 aromatic heterocycles. The van der Waals surface area contributed by atoms with Gasteiger partial charge in [-0.15, -0.1) is 0 Å². The Bertz CT molecular complexity index is 596. The molecule has 0 aromatic rings. The van der Waals surface area contributed by atoms with E-state index in [2.05, 4.69) is 26.0 Å². The first-order chi connectivity index (χ1) is 11.3. The Morgan fingerprint density at radius 1 is 1.08 bits per heavy atom. The first-order valence-electron chi connectivity index (χ1n) is 9.29. The van der Waals surface area contributed by atoms with Gasteiger partial charge in [-0.2, -0.15) is 0 Å². The summed E-state index contributed by atoms with van der Waals surface area (Å²) in [6.45, 7) is 4.46. The van der Waals surface area contributed by atoms with Gasteiger partial charge in [-0.25, -0.2) is 0 Å². The first-order valence-corrected chi connectivity index (χ1v) is 9.29. The van der Waals surface area contributed by atoms with E-state index in [9.17, 15) is 15.3 Å². The Labute approximate surface area is 144 Å². The molecule has 4 aliphatic rings. The van der Waals surface area contributed by atoms with Crippen LogP contribution in [0.5, 0.6) is 0 Å². The van der Waals surface area contributed by atoms with Gasteiger partial charge in [0.2, 0.25) is 0 Å². The summed E-state index contributed by atoms with van der Waals surface area (Å²) in [5, 5.41) is 31.1. The fourth-order valence-corrected chi connectivity index (χ4v) is 6.24. The van der Waals surface area contributed by atoms with E-state index >= 15 is 0 Å². The van der Waals surface area contributed by atoms with Crippen LogP contribution in [-0.2, 0) is 4.74 Å².